The highest BCUT2D eigenvalue weighted by atomic mass is 32.2. The monoisotopic (exact) mass is 1020 g/mol. The topological polar surface area (TPSA) is 221 Å². The number of amides is 3. The second kappa shape index (κ2) is 28.0. The van der Waals surface area contributed by atoms with Gasteiger partial charge in [0.05, 0.1) is 36.4 Å². The summed E-state index contributed by atoms with van der Waals surface area (Å²) in [7, 11) is 0. The number of aliphatic hydroxyl groups is 2. The number of ether oxygens (including phenoxy) is 2. The van der Waals surface area contributed by atoms with Crippen LogP contribution in [0.3, 0.4) is 0 Å². The van der Waals surface area contributed by atoms with Crippen molar-refractivity contribution in [1.29, 1.82) is 0 Å². The van der Waals surface area contributed by atoms with Crippen LogP contribution >= 0.6 is 23.5 Å². The number of pyridine rings is 2. The van der Waals surface area contributed by atoms with E-state index in [0.29, 0.717) is 49.3 Å². The van der Waals surface area contributed by atoms with Crippen molar-refractivity contribution in [2.75, 3.05) is 25.2 Å². The number of aliphatic hydroxyl groups excluding tert-OH is 2. The molecule has 0 bridgehead atoms. The van der Waals surface area contributed by atoms with E-state index in [1.165, 1.54) is 11.8 Å². The molecular formula is C52H70F2N6O9S2. The minimum atomic E-state index is -1.29. The van der Waals surface area contributed by atoms with Crippen molar-refractivity contribution in [3.8, 4) is 23.3 Å². The number of aromatic nitrogens is 2. The van der Waals surface area contributed by atoms with Gasteiger partial charge in [0.25, 0.3) is 5.91 Å². The minimum absolute atomic E-state index is 0.00512. The average Bonchev–Trinajstić information content (AvgIpc) is 3.34. The number of rotatable bonds is 18. The summed E-state index contributed by atoms with van der Waals surface area (Å²) in [5, 5.41) is 40.0. The Morgan fingerprint density at radius 3 is 1.54 bits per heavy atom. The number of carboxylic acid groups (broad SMARTS) is 1. The predicted octanol–water partition coefficient (Wildman–Crippen LogP) is 9.16. The standard InChI is InChI=1S/C25H32FN3O4S.C14H28N2O2.C13H10FNO3S/c1-4-34-20-7-5-6-19(13-20)33-23-21(12-16(26)14-27-23)22(31)28-17-8-10-18(11-9-17)29-24(32)25(2,3)15-30;1-10(2)15-11-5-7-12(8-6-11)16-13(18)14(3,4)9-17;1-19-10-4-2-3-9(6-10)18-12-11(13(16)17)5-8(14)7-15-12/h5-7,12-14,17-18,30H,4,8-11,15H2,1-3H3,(H,28,31)(H,29,32);10-12,15,17H,5-9H2,1-4H3,(H,16,18);2-7H,1H3,(H,16,17). The van der Waals surface area contributed by atoms with E-state index in [1.54, 1.807) is 63.7 Å². The van der Waals surface area contributed by atoms with Crippen LogP contribution in [0.5, 0.6) is 23.3 Å². The quantitative estimate of drug-likeness (QED) is 0.0462. The molecule has 0 unspecified atom stereocenters. The first-order valence-electron chi connectivity index (χ1n) is 23.8. The van der Waals surface area contributed by atoms with Gasteiger partial charge < -0.3 is 46.1 Å². The highest BCUT2D eigenvalue weighted by Crippen LogP contribution is 2.30. The summed E-state index contributed by atoms with van der Waals surface area (Å²) in [5.41, 5.74) is -1.78. The fourth-order valence-corrected chi connectivity index (χ4v) is 8.60. The molecule has 7 N–H and O–H groups in total. The van der Waals surface area contributed by atoms with Crippen molar-refractivity contribution in [2.24, 2.45) is 10.8 Å². The lowest BCUT2D eigenvalue weighted by Gasteiger charge is -2.32. The van der Waals surface area contributed by atoms with Gasteiger partial charge in [0.15, 0.2) is 0 Å². The fraction of sp³-hybridized carbons (Fsp3) is 0.500. The number of halogens is 2. The number of carbonyl (C=O) groups is 4. The summed E-state index contributed by atoms with van der Waals surface area (Å²) in [4.78, 5) is 57.9. The Bertz CT molecular complexity index is 2380. The molecule has 0 aliphatic heterocycles. The number of benzene rings is 2. The van der Waals surface area contributed by atoms with Crippen molar-refractivity contribution in [3.05, 3.63) is 95.8 Å². The van der Waals surface area contributed by atoms with Gasteiger partial charge in [-0.3, -0.25) is 14.4 Å². The van der Waals surface area contributed by atoms with E-state index < -0.39 is 34.3 Å². The van der Waals surface area contributed by atoms with Gasteiger partial charge in [-0.25, -0.2) is 23.5 Å². The van der Waals surface area contributed by atoms with Crippen LogP contribution in [0.15, 0.2) is 82.8 Å². The molecule has 2 aliphatic carbocycles. The molecule has 2 aliphatic rings. The zero-order valence-electron chi connectivity index (χ0n) is 41.9. The molecule has 2 heterocycles. The van der Waals surface area contributed by atoms with Crippen LogP contribution in [-0.4, -0.2) is 104 Å². The van der Waals surface area contributed by atoms with Crippen molar-refractivity contribution in [3.63, 3.8) is 0 Å². The third-order valence-electron chi connectivity index (χ3n) is 11.7. The summed E-state index contributed by atoms with van der Waals surface area (Å²) in [6, 6.07) is 17.8. The van der Waals surface area contributed by atoms with E-state index >= 15 is 0 Å². The van der Waals surface area contributed by atoms with Gasteiger partial charge in [0.2, 0.25) is 23.6 Å². The van der Waals surface area contributed by atoms with Crippen LogP contribution < -0.4 is 30.7 Å². The van der Waals surface area contributed by atoms with Crippen LogP contribution in [0, 0.1) is 22.5 Å². The first-order chi connectivity index (χ1) is 33.7. The summed E-state index contributed by atoms with van der Waals surface area (Å²) in [5.74, 6) is -1.50. The molecule has 71 heavy (non-hydrogen) atoms. The van der Waals surface area contributed by atoms with E-state index in [1.807, 2.05) is 30.5 Å². The Morgan fingerprint density at radius 1 is 0.676 bits per heavy atom. The van der Waals surface area contributed by atoms with Crippen LogP contribution in [0.1, 0.15) is 121 Å². The highest BCUT2D eigenvalue weighted by molar-refractivity contribution is 7.99. The zero-order chi connectivity index (χ0) is 52.3. The van der Waals surface area contributed by atoms with Gasteiger partial charge in [-0.05, 0) is 140 Å². The second-order valence-electron chi connectivity index (χ2n) is 19.0. The van der Waals surface area contributed by atoms with Crippen LogP contribution in [-0.2, 0) is 9.59 Å². The zero-order valence-corrected chi connectivity index (χ0v) is 43.5. The predicted molar refractivity (Wildman–Crippen MR) is 272 cm³/mol. The lowest BCUT2D eigenvalue weighted by Crippen LogP contribution is -2.48. The molecule has 0 spiro atoms. The van der Waals surface area contributed by atoms with E-state index in [2.05, 4.69) is 52.0 Å². The molecule has 0 saturated heterocycles. The fourth-order valence-electron chi connectivity index (χ4n) is 7.44. The van der Waals surface area contributed by atoms with E-state index in [-0.39, 0.29) is 66.0 Å². The van der Waals surface area contributed by atoms with Crippen LogP contribution in [0.25, 0.3) is 0 Å². The third kappa shape index (κ3) is 19.0. The maximum absolute atomic E-state index is 13.9. The molecule has 2 aromatic heterocycles. The summed E-state index contributed by atoms with van der Waals surface area (Å²) >= 11 is 3.19. The molecule has 2 fully saturated rings. The first-order valence-corrected chi connectivity index (χ1v) is 26.0. The lowest BCUT2D eigenvalue weighted by atomic mass is 9.88. The van der Waals surface area contributed by atoms with Crippen molar-refractivity contribution < 1.29 is 52.8 Å². The SMILES string of the molecule is CC(C)NC1CCC(NC(=O)C(C)(C)CO)CC1.CCSc1cccc(Oc2ncc(F)cc2C(=O)NC2CCC(NC(=O)C(C)(C)CO)CC2)c1.CSc1cccc(Oc2ncc(F)cc2C(=O)O)c1. The Kier molecular flexibility index (Phi) is 23.0. The van der Waals surface area contributed by atoms with Crippen LogP contribution in [0.2, 0.25) is 0 Å². The normalized spacial score (nSPS) is 17.9. The van der Waals surface area contributed by atoms with E-state index in [9.17, 15) is 33.1 Å². The molecule has 2 aromatic carbocycles. The van der Waals surface area contributed by atoms with Gasteiger partial charge in [-0.15, -0.1) is 23.5 Å². The van der Waals surface area contributed by atoms with Gasteiger partial charge in [-0.1, -0.05) is 32.9 Å². The largest absolute Gasteiger partial charge is 0.477 e. The van der Waals surface area contributed by atoms with Crippen LogP contribution in [0.4, 0.5) is 8.78 Å². The molecule has 388 valence electrons. The maximum atomic E-state index is 13.9. The molecule has 2 saturated carbocycles. The number of thioether (sulfide) groups is 2. The average molecular weight is 1030 g/mol. The van der Waals surface area contributed by atoms with E-state index in [4.69, 9.17) is 19.7 Å². The van der Waals surface area contributed by atoms with Gasteiger partial charge in [0, 0.05) is 40.0 Å². The summed E-state index contributed by atoms with van der Waals surface area (Å²) in [6.07, 6.45) is 10.9. The Hall–Kier alpha value is -5.34. The molecule has 15 nitrogen and oxygen atoms in total. The van der Waals surface area contributed by atoms with E-state index in [0.717, 1.165) is 65.8 Å². The highest BCUT2D eigenvalue weighted by Gasteiger charge is 2.32. The number of carboxylic acids is 1. The summed E-state index contributed by atoms with van der Waals surface area (Å²) in [6.45, 7) is 13.0. The Labute approximate surface area is 424 Å². The van der Waals surface area contributed by atoms with Gasteiger partial charge in [-0.2, -0.15) is 0 Å². The number of nitrogens with one attached hydrogen (secondary N) is 4. The smallest absolute Gasteiger partial charge is 0.341 e. The molecule has 19 heteroatoms. The second-order valence-corrected chi connectivity index (χ2v) is 21.2. The summed E-state index contributed by atoms with van der Waals surface area (Å²) < 4.78 is 38.2. The van der Waals surface area contributed by atoms with Crippen molar-refractivity contribution in [1.82, 2.24) is 31.2 Å². The molecule has 0 atom stereocenters. The van der Waals surface area contributed by atoms with Gasteiger partial charge in [0.1, 0.15) is 34.3 Å². The Morgan fingerprint density at radius 2 is 1.10 bits per heavy atom. The van der Waals surface area contributed by atoms with Gasteiger partial charge >= 0.3 is 5.97 Å². The lowest BCUT2D eigenvalue weighted by molar-refractivity contribution is -0.133. The first kappa shape index (κ1) is 58.2. The molecular weight excluding hydrogens is 955 g/mol. The number of nitrogens with zero attached hydrogens (tertiary/aromatic N) is 2. The number of hydrogen-bond acceptors (Lipinski definition) is 13. The minimum Gasteiger partial charge on any atom is -0.477 e. The molecule has 0 radical (unpaired) electrons. The molecule has 6 rings (SSSR count). The number of hydrogen-bond donors (Lipinski definition) is 7. The molecule has 4 aromatic rings. The molecule has 3 amide bonds. The number of carbonyl (C=O) groups excluding carboxylic acids is 3. The third-order valence-corrected chi connectivity index (χ3v) is 13.3. The van der Waals surface area contributed by atoms with Crippen molar-refractivity contribution in [2.45, 2.75) is 140 Å². The Balaban J connectivity index is 0.000000251. The maximum Gasteiger partial charge on any atom is 0.341 e. The number of aromatic carboxylic acids is 1. The van der Waals surface area contributed by atoms with Crippen molar-refractivity contribution >= 4 is 47.2 Å².